The zero-order chi connectivity index (χ0) is 18.8. The molecule has 0 aliphatic carbocycles. The van der Waals surface area contributed by atoms with Gasteiger partial charge in [-0.2, -0.15) is 4.68 Å². The van der Waals surface area contributed by atoms with Crippen LogP contribution in [0.5, 0.6) is 0 Å². The Hall–Kier alpha value is -2.65. The number of nitrogens with zero attached hydrogens (tertiary/aromatic N) is 5. The molecule has 0 atom stereocenters. The first kappa shape index (κ1) is 17.7. The van der Waals surface area contributed by atoms with E-state index in [2.05, 4.69) is 15.3 Å². The van der Waals surface area contributed by atoms with E-state index in [0.29, 0.717) is 37.1 Å². The molecule has 1 aromatic carbocycles. The first-order valence-electron chi connectivity index (χ1n) is 8.95. The Morgan fingerprint density at radius 2 is 2.04 bits per heavy atom. The van der Waals surface area contributed by atoms with E-state index in [1.165, 1.54) is 20.9 Å². The molecule has 1 amide bonds. The van der Waals surface area contributed by atoms with E-state index in [9.17, 15) is 9.59 Å². The third kappa shape index (κ3) is 3.88. The molecule has 0 saturated carbocycles. The second kappa shape index (κ2) is 7.53. The van der Waals surface area contributed by atoms with Crippen LogP contribution in [0.4, 0.5) is 0 Å². The van der Waals surface area contributed by atoms with Crippen LogP contribution in [-0.2, 0) is 17.9 Å². The number of hydrogen-bond donors (Lipinski definition) is 1. The molecule has 2 aromatic heterocycles. The number of thiazole rings is 1. The topological polar surface area (TPSA) is 85.4 Å². The third-order valence-electron chi connectivity index (χ3n) is 4.79. The van der Waals surface area contributed by atoms with E-state index in [4.69, 9.17) is 0 Å². The van der Waals surface area contributed by atoms with Gasteiger partial charge in [0.05, 0.1) is 38.0 Å². The molecule has 140 valence electrons. The van der Waals surface area contributed by atoms with Crippen molar-refractivity contribution in [3.63, 3.8) is 0 Å². The van der Waals surface area contributed by atoms with Crippen LogP contribution in [0.15, 0.2) is 34.4 Å². The predicted molar refractivity (Wildman–Crippen MR) is 102 cm³/mol. The summed E-state index contributed by atoms with van der Waals surface area (Å²) >= 11 is 1.53. The highest BCUT2D eigenvalue weighted by Crippen LogP contribution is 2.10. The number of aryl methyl sites for hydroxylation is 1. The van der Waals surface area contributed by atoms with E-state index in [1.807, 2.05) is 29.3 Å². The normalized spacial score (nSPS) is 15.4. The zero-order valence-corrected chi connectivity index (χ0v) is 15.9. The van der Waals surface area contributed by atoms with Gasteiger partial charge >= 0.3 is 0 Å². The second-order valence-corrected chi connectivity index (χ2v) is 7.70. The van der Waals surface area contributed by atoms with Crippen LogP contribution >= 0.6 is 11.3 Å². The molecule has 1 saturated heterocycles. The molecule has 1 aliphatic heterocycles. The second-order valence-electron chi connectivity index (χ2n) is 6.76. The minimum atomic E-state index is -0.120. The molecule has 27 heavy (non-hydrogen) atoms. The van der Waals surface area contributed by atoms with Crippen molar-refractivity contribution in [2.45, 2.75) is 20.0 Å². The molecule has 0 radical (unpaired) electrons. The molecule has 1 aliphatic rings. The lowest BCUT2D eigenvalue weighted by atomic mass is 10.2. The molecule has 1 N–H and O–H groups in total. The Balaban J connectivity index is 1.36. The predicted octanol–water partition coefficient (Wildman–Crippen LogP) is -0.516. The molecule has 3 heterocycles. The van der Waals surface area contributed by atoms with Crippen molar-refractivity contribution in [3.05, 3.63) is 50.7 Å². The van der Waals surface area contributed by atoms with Gasteiger partial charge in [-0.3, -0.25) is 9.59 Å². The molecule has 3 aromatic rings. The molecule has 9 heteroatoms. The van der Waals surface area contributed by atoms with Gasteiger partial charge in [-0.15, -0.1) is 16.4 Å². The van der Waals surface area contributed by atoms with Crippen LogP contribution in [0.25, 0.3) is 10.9 Å². The Morgan fingerprint density at radius 3 is 2.78 bits per heavy atom. The maximum absolute atomic E-state index is 12.6. The summed E-state index contributed by atoms with van der Waals surface area (Å²) in [5.74, 6) is 0.117. The Morgan fingerprint density at radius 1 is 1.26 bits per heavy atom. The Bertz CT molecular complexity index is 1020. The van der Waals surface area contributed by atoms with Gasteiger partial charge in [0.1, 0.15) is 10.5 Å². The largest absolute Gasteiger partial charge is 0.331 e. The first-order chi connectivity index (χ1) is 13.1. The van der Waals surface area contributed by atoms with Crippen LogP contribution in [0.3, 0.4) is 0 Å². The minimum Gasteiger partial charge on any atom is -0.331 e. The Kier molecular flexibility index (Phi) is 4.95. The first-order valence-corrected chi connectivity index (χ1v) is 9.83. The van der Waals surface area contributed by atoms with Gasteiger partial charge in [-0.1, -0.05) is 17.3 Å². The van der Waals surface area contributed by atoms with E-state index in [0.717, 1.165) is 23.8 Å². The summed E-state index contributed by atoms with van der Waals surface area (Å²) in [4.78, 5) is 32.5. The van der Waals surface area contributed by atoms with Crippen LogP contribution < -0.4 is 10.5 Å². The van der Waals surface area contributed by atoms with E-state index >= 15 is 0 Å². The molecule has 8 nitrogen and oxygen atoms in total. The number of rotatable bonds is 4. The molecule has 0 bridgehead atoms. The molecule has 0 spiro atoms. The number of nitrogens with one attached hydrogen (secondary N) is 1. The number of benzene rings is 1. The van der Waals surface area contributed by atoms with E-state index < -0.39 is 0 Å². The van der Waals surface area contributed by atoms with Crippen molar-refractivity contribution < 1.29 is 9.69 Å². The van der Waals surface area contributed by atoms with Gasteiger partial charge in [-0.05, 0) is 19.1 Å². The highest BCUT2D eigenvalue weighted by molar-refractivity contribution is 7.09. The average molecular weight is 385 g/mol. The van der Waals surface area contributed by atoms with Crippen LogP contribution in [0, 0.1) is 6.92 Å². The fraction of sp³-hybridized carbons (Fsp3) is 0.389. The van der Waals surface area contributed by atoms with Crippen molar-refractivity contribution in [3.8, 4) is 0 Å². The van der Waals surface area contributed by atoms with Crippen molar-refractivity contribution in [2.24, 2.45) is 0 Å². The molecular formula is C18H21N6O2S+. The zero-order valence-electron chi connectivity index (χ0n) is 15.1. The summed E-state index contributed by atoms with van der Waals surface area (Å²) in [5.41, 5.74) is 1.45. The standard InChI is InChI=1S/C18H20N6O2S/c1-13-11-27-16(19-13)10-17(25)23-8-6-22(7-9-23)12-24-18(26)14-4-2-3-5-15(14)20-21-24/h2-5,11H,6-10,12H2,1H3/p+1. The maximum atomic E-state index is 12.6. The van der Waals surface area contributed by atoms with Gasteiger partial charge in [0.25, 0.3) is 5.56 Å². The summed E-state index contributed by atoms with van der Waals surface area (Å²) < 4.78 is 1.42. The minimum absolute atomic E-state index is 0.117. The van der Waals surface area contributed by atoms with Crippen molar-refractivity contribution in [1.29, 1.82) is 0 Å². The monoisotopic (exact) mass is 385 g/mol. The van der Waals surface area contributed by atoms with Crippen molar-refractivity contribution in [2.75, 3.05) is 26.2 Å². The van der Waals surface area contributed by atoms with Gasteiger partial charge in [-0.25, -0.2) is 4.98 Å². The molecule has 4 rings (SSSR count). The van der Waals surface area contributed by atoms with Crippen molar-refractivity contribution in [1.82, 2.24) is 24.9 Å². The van der Waals surface area contributed by atoms with Gasteiger partial charge < -0.3 is 9.80 Å². The summed E-state index contributed by atoms with van der Waals surface area (Å²) in [7, 11) is 0. The van der Waals surface area contributed by atoms with E-state index in [1.54, 1.807) is 12.1 Å². The summed E-state index contributed by atoms with van der Waals surface area (Å²) in [5, 5.41) is 11.6. The fourth-order valence-corrected chi connectivity index (χ4v) is 4.06. The number of carbonyl (C=O) groups excluding carboxylic acids is 1. The highest BCUT2D eigenvalue weighted by Gasteiger charge is 2.25. The number of hydrogen-bond acceptors (Lipinski definition) is 6. The van der Waals surface area contributed by atoms with Gasteiger partial charge in [0, 0.05) is 11.1 Å². The van der Waals surface area contributed by atoms with Gasteiger partial charge in [0.15, 0.2) is 6.67 Å². The third-order valence-corrected chi connectivity index (χ3v) is 5.76. The smallest absolute Gasteiger partial charge is 0.282 e. The van der Waals surface area contributed by atoms with Gasteiger partial charge in [0.2, 0.25) is 5.91 Å². The lowest BCUT2D eigenvalue weighted by Gasteiger charge is -2.31. The lowest BCUT2D eigenvalue weighted by molar-refractivity contribution is -0.927. The van der Waals surface area contributed by atoms with Crippen molar-refractivity contribution >= 4 is 28.1 Å². The van der Waals surface area contributed by atoms with Crippen LogP contribution in [0.1, 0.15) is 10.7 Å². The number of fused-ring (bicyclic) bond motifs is 1. The fourth-order valence-electron chi connectivity index (χ4n) is 3.29. The van der Waals surface area contributed by atoms with Crippen LogP contribution in [-0.4, -0.2) is 57.0 Å². The van der Waals surface area contributed by atoms with Crippen LogP contribution in [0.2, 0.25) is 0 Å². The number of aromatic nitrogens is 4. The number of carbonyl (C=O) groups is 1. The SMILES string of the molecule is Cc1csc(CC(=O)N2CC[NH+](Cn3nnc4ccccc4c3=O)CC2)n1. The summed E-state index contributed by atoms with van der Waals surface area (Å²) in [6.45, 7) is 5.31. The maximum Gasteiger partial charge on any atom is 0.282 e. The number of amides is 1. The quantitative estimate of drug-likeness (QED) is 0.654. The summed E-state index contributed by atoms with van der Waals surface area (Å²) in [6, 6.07) is 7.23. The average Bonchev–Trinajstić information content (AvgIpc) is 3.09. The number of quaternary nitrogens is 1. The van der Waals surface area contributed by atoms with E-state index in [-0.39, 0.29) is 11.5 Å². The molecule has 1 fully saturated rings. The Labute approximate surface area is 160 Å². The summed E-state index contributed by atoms with van der Waals surface area (Å²) in [6.07, 6.45) is 0.365. The lowest BCUT2D eigenvalue weighted by Crippen LogP contribution is -3.14. The highest BCUT2D eigenvalue weighted by atomic mass is 32.1. The number of piperazine rings is 1. The molecular weight excluding hydrogens is 364 g/mol. The molecule has 0 unspecified atom stereocenters.